The van der Waals surface area contributed by atoms with E-state index in [2.05, 4.69) is 12.2 Å². The summed E-state index contributed by atoms with van der Waals surface area (Å²) >= 11 is 0. The molecule has 1 N–H and O–H groups in total. The number of Topliss-reactive ketones (excluding diaryl/α,β-unsaturated/α-hetero) is 1. The van der Waals surface area contributed by atoms with Crippen molar-refractivity contribution in [3.8, 4) is 5.75 Å². The van der Waals surface area contributed by atoms with Crippen molar-refractivity contribution in [1.29, 1.82) is 0 Å². The molecule has 2 rings (SSSR count). The van der Waals surface area contributed by atoms with Gasteiger partial charge in [-0.2, -0.15) is 0 Å². The van der Waals surface area contributed by atoms with Crippen LogP contribution in [0.1, 0.15) is 49.9 Å². The summed E-state index contributed by atoms with van der Waals surface area (Å²) in [7, 11) is 0. The summed E-state index contributed by atoms with van der Waals surface area (Å²) in [5, 5.41) is 3.32. The van der Waals surface area contributed by atoms with E-state index in [1.54, 1.807) is 31.2 Å². The van der Waals surface area contributed by atoms with Gasteiger partial charge in [-0.05, 0) is 57.0 Å². The molecule has 0 spiro atoms. The smallest absolute Gasteiger partial charge is 0.222 e. The minimum atomic E-state index is 0.0459. The van der Waals surface area contributed by atoms with E-state index in [0.717, 1.165) is 38.2 Å². The molecular formula is C19H28N2O3. The van der Waals surface area contributed by atoms with Crippen LogP contribution in [-0.2, 0) is 4.79 Å². The highest BCUT2D eigenvalue weighted by atomic mass is 16.5. The number of nitrogens with zero attached hydrogens (tertiary/aromatic N) is 1. The predicted molar refractivity (Wildman–Crippen MR) is 94.5 cm³/mol. The third-order valence-corrected chi connectivity index (χ3v) is 4.32. The number of carbonyl (C=O) groups is 2. The van der Waals surface area contributed by atoms with Gasteiger partial charge in [0.05, 0.1) is 6.61 Å². The number of rotatable bonds is 9. The summed E-state index contributed by atoms with van der Waals surface area (Å²) in [5.41, 5.74) is 0.679. The number of nitrogens with one attached hydrogen (secondary N) is 1. The molecule has 0 bridgehead atoms. The van der Waals surface area contributed by atoms with Crippen LogP contribution in [-0.4, -0.2) is 48.9 Å². The topological polar surface area (TPSA) is 58.6 Å². The molecule has 1 fully saturated rings. The van der Waals surface area contributed by atoms with Gasteiger partial charge in [0, 0.05) is 31.1 Å². The third kappa shape index (κ3) is 5.34. The zero-order chi connectivity index (χ0) is 17.4. The molecular weight excluding hydrogens is 304 g/mol. The Morgan fingerprint density at radius 3 is 2.62 bits per heavy atom. The van der Waals surface area contributed by atoms with Gasteiger partial charge in [0.2, 0.25) is 5.91 Å². The molecule has 1 aromatic rings. The Morgan fingerprint density at radius 1 is 1.29 bits per heavy atom. The quantitative estimate of drug-likeness (QED) is 0.558. The van der Waals surface area contributed by atoms with Crippen LogP contribution in [0, 0.1) is 0 Å². The van der Waals surface area contributed by atoms with Crippen LogP contribution < -0.4 is 10.1 Å². The second kappa shape index (κ2) is 9.42. The van der Waals surface area contributed by atoms with Crippen LogP contribution in [0.25, 0.3) is 0 Å². The third-order valence-electron chi connectivity index (χ3n) is 4.32. The van der Waals surface area contributed by atoms with E-state index < -0.39 is 0 Å². The van der Waals surface area contributed by atoms with Gasteiger partial charge in [-0.3, -0.25) is 9.59 Å². The Bertz CT molecular complexity index is 536. The van der Waals surface area contributed by atoms with Gasteiger partial charge in [-0.25, -0.2) is 0 Å². The van der Waals surface area contributed by atoms with E-state index in [0.29, 0.717) is 31.1 Å². The average molecular weight is 332 g/mol. The minimum Gasteiger partial charge on any atom is -0.494 e. The van der Waals surface area contributed by atoms with E-state index >= 15 is 0 Å². The molecule has 24 heavy (non-hydrogen) atoms. The molecule has 132 valence electrons. The van der Waals surface area contributed by atoms with Crippen LogP contribution in [0.15, 0.2) is 24.3 Å². The Kier molecular flexibility index (Phi) is 7.25. The van der Waals surface area contributed by atoms with Gasteiger partial charge in [0.15, 0.2) is 5.78 Å². The SMILES string of the molecule is CCCN(C(=O)CCCOc1ccc(C(C)=O)cc1)C1CCNC1. The molecule has 1 aliphatic rings. The van der Waals surface area contributed by atoms with Crippen LogP contribution in [0.3, 0.4) is 0 Å². The maximum Gasteiger partial charge on any atom is 0.222 e. The Balaban J connectivity index is 1.73. The molecule has 1 saturated heterocycles. The summed E-state index contributed by atoms with van der Waals surface area (Å²) in [6.45, 7) is 6.90. The van der Waals surface area contributed by atoms with Crippen LogP contribution >= 0.6 is 0 Å². The lowest BCUT2D eigenvalue weighted by Crippen LogP contribution is -2.42. The summed E-state index contributed by atoms with van der Waals surface area (Å²) in [5.74, 6) is 1.00. The largest absolute Gasteiger partial charge is 0.494 e. The van der Waals surface area contributed by atoms with Gasteiger partial charge < -0.3 is 15.0 Å². The number of benzene rings is 1. The lowest BCUT2D eigenvalue weighted by atomic mass is 10.1. The summed E-state index contributed by atoms with van der Waals surface area (Å²) in [4.78, 5) is 25.7. The van der Waals surface area contributed by atoms with Crippen LogP contribution in [0.5, 0.6) is 5.75 Å². The second-order valence-corrected chi connectivity index (χ2v) is 6.27. The highest BCUT2D eigenvalue weighted by Crippen LogP contribution is 2.14. The lowest BCUT2D eigenvalue weighted by molar-refractivity contribution is -0.133. The lowest BCUT2D eigenvalue weighted by Gasteiger charge is -2.28. The Labute approximate surface area is 144 Å². The fourth-order valence-electron chi connectivity index (χ4n) is 3.00. The highest BCUT2D eigenvalue weighted by Gasteiger charge is 2.25. The van der Waals surface area contributed by atoms with Gasteiger partial charge in [-0.1, -0.05) is 6.92 Å². The first-order valence-corrected chi connectivity index (χ1v) is 8.85. The maximum atomic E-state index is 12.5. The number of hydrogen-bond donors (Lipinski definition) is 1. The van der Waals surface area contributed by atoms with E-state index in [-0.39, 0.29) is 11.7 Å². The van der Waals surface area contributed by atoms with Crippen molar-refractivity contribution in [2.24, 2.45) is 0 Å². The molecule has 5 nitrogen and oxygen atoms in total. The number of carbonyl (C=O) groups excluding carboxylic acids is 2. The average Bonchev–Trinajstić information content (AvgIpc) is 3.11. The van der Waals surface area contributed by atoms with Crippen molar-refractivity contribution in [3.05, 3.63) is 29.8 Å². The number of hydrogen-bond acceptors (Lipinski definition) is 4. The molecule has 0 radical (unpaired) electrons. The first-order valence-electron chi connectivity index (χ1n) is 8.85. The monoisotopic (exact) mass is 332 g/mol. The van der Waals surface area contributed by atoms with E-state index in [9.17, 15) is 9.59 Å². The zero-order valence-electron chi connectivity index (χ0n) is 14.7. The van der Waals surface area contributed by atoms with Crippen LogP contribution in [0.2, 0.25) is 0 Å². The maximum absolute atomic E-state index is 12.5. The first-order chi connectivity index (χ1) is 11.6. The highest BCUT2D eigenvalue weighted by molar-refractivity contribution is 5.94. The first kappa shape index (κ1) is 18.5. The molecule has 1 amide bonds. The van der Waals surface area contributed by atoms with Gasteiger partial charge in [-0.15, -0.1) is 0 Å². The predicted octanol–water partition coefficient (Wildman–Crippen LogP) is 2.65. The van der Waals surface area contributed by atoms with Gasteiger partial charge >= 0.3 is 0 Å². The molecule has 1 heterocycles. The number of ketones is 1. The van der Waals surface area contributed by atoms with Gasteiger partial charge in [0.1, 0.15) is 5.75 Å². The van der Waals surface area contributed by atoms with Gasteiger partial charge in [0.25, 0.3) is 0 Å². The summed E-state index contributed by atoms with van der Waals surface area (Å²) < 4.78 is 5.66. The molecule has 1 aromatic carbocycles. The van der Waals surface area contributed by atoms with Crippen molar-refractivity contribution >= 4 is 11.7 Å². The Hall–Kier alpha value is -1.88. The van der Waals surface area contributed by atoms with E-state index in [4.69, 9.17) is 4.74 Å². The standard InChI is InChI=1S/C19H28N2O3/c1-3-12-21(17-10-11-20-14-17)19(23)5-4-13-24-18-8-6-16(7-9-18)15(2)22/h6-9,17,20H,3-5,10-14H2,1-2H3. The van der Waals surface area contributed by atoms with Crippen molar-refractivity contribution in [1.82, 2.24) is 10.2 Å². The molecule has 1 atom stereocenters. The molecule has 5 heteroatoms. The number of ether oxygens (including phenoxy) is 1. The minimum absolute atomic E-state index is 0.0459. The molecule has 1 unspecified atom stereocenters. The van der Waals surface area contributed by atoms with E-state index in [1.165, 1.54) is 0 Å². The normalized spacial score (nSPS) is 16.8. The molecule has 1 aliphatic heterocycles. The summed E-state index contributed by atoms with van der Waals surface area (Å²) in [6, 6.07) is 7.47. The fraction of sp³-hybridized carbons (Fsp3) is 0.579. The second-order valence-electron chi connectivity index (χ2n) is 6.27. The number of amides is 1. The van der Waals surface area contributed by atoms with Crippen molar-refractivity contribution in [2.75, 3.05) is 26.2 Å². The zero-order valence-corrected chi connectivity index (χ0v) is 14.7. The molecule has 0 aromatic heterocycles. The molecule has 0 aliphatic carbocycles. The Morgan fingerprint density at radius 2 is 2.04 bits per heavy atom. The molecule has 0 saturated carbocycles. The van der Waals surface area contributed by atoms with Crippen molar-refractivity contribution in [3.63, 3.8) is 0 Å². The fourth-order valence-corrected chi connectivity index (χ4v) is 3.00. The summed E-state index contributed by atoms with van der Waals surface area (Å²) in [6.07, 6.45) is 3.25. The van der Waals surface area contributed by atoms with Crippen molar-refractivity contribution < 1.29 is 14.3 Å². The van der Waals surface area contributed by atoms with E-state index in [1.807, 2.05) is 4.90 Å². The van der Waals surface area contributed by atoms with Crippen molar-refractivity contribution in [2.45, 2.75) is 45.6 Å². The van der Waals surface area contributed by atoms with Crippen LogP contribution in [0.4, 0.5) is 0 Å².